The number of anilines is 1. The first-order valence-electron chi connectivity index (χ1n) is 8.09. The standard InChI is InChI=1S/C17H25N3O4/c1-13-3-4-14(17(22)20-6-9-24-10-7-20)11-15(13)19-16(21)12-18-5-8-23-2/h3-4,11,18H,5-10,12H2,1-2H3,(H,19,21). The van der Waals surface area contributed by atoms with Crippen molar-refractivity contribution >= 4 is 17.5 Å². The molecule has 0 radical (unpaired) electrons. The summed E-state index contributed by atoms with van der Waals surface area (Å²) in [7, 11) is 1.61. The number of hydrogen-bond acceptors (Lipinski definition) is 5. The number of nitrogens with one attached hydrogen (secondary N) is 2. The van der Waals surface area contributed by atoms with Crippen LogP contribution >= 0.6 is 0 Å². The lowest BCUT2D eigenvalue weighted by atomic mass is 10.1. The third-order valence-electron chi connectivity index (χ3n) is 3.83. The van der Waals surface area contributed by atoms with Gasteiger partial charge in [-0.25, -0.2) is 0 Å². The van der Waals surface area contributed by atoms with Gasteiger partial charge in [-0.1, -0.05) is 6.07 Å². The molecular weight excluding hydrogens is 310 g/mol. The first kappa shape index (κ1) is 18.4. The Labute approximate surface area is 142 Å². The van der Waals surface area contributed by atoms with Gasteiger partial charge in [0.2, 0.25) is 5.91 Å². The predicted molar refractivity (Wildman–Crippen MR) is 91.3 cm³/mol. The van der Waals surface area contributed by atoms with Crippen LogP contribution in [0.4, 0.5) is 5.69 Å². The third kappa shape index (κ3) is 5.30. The highest BCUT2D eigenvalue weighted by atomic mass is 16.5. The van der Waals surface area contributed by atoms with Gasteiger partial charge in [0.1, 0.15) is 0 Å². The fourth-order valence-electron chi connectivity index (χ4n) is 2.41. The van der Waals surface area contributed by atoms with Crippen LogP contribution in [0.25, 0.3) is 0 Å². The smallest absolute Gasteiger partial charge is 0.254 e. The minimum absolute atomic E-state index is 0.0352. The number of carbonyl (C=O) groups excluding carboxylic acids is 2. The molecule has 0 bridgehead atoms. The average molecular weight is 335 g/mol. The number of rotatable bonds is 7. The normalized spacial score (nSPS) is 14.5. The van der Waals surface area contributed by atoms with Crippen LogP contribution in [-0.2, 0) is 14.3 Å². The number of amides is 2. The Hall–Kier alpha value is -1.96. The van der Waals surface area contributed by atoms with Crippen molar-refractivity contribution in [2.75, 3.05) is 58.4 Å². The van der Waals surface area contributed by atoms with E-state index >= 15 is 0 Å². The molecular formula is C17H25N3O4. The molecule has 0 aromatic heterocycles. The molecule has 7 nitrogen and oxygen atoms in total. The fourth-order valence-corrected chi connectivity index (χ4v) is 2.41. The summed E-state index contributed by atoms with van der Waals surface area (Å²) in [6.45, 7) is 5.58. The molecule has 7 heteroatoms. The zero-order chi connectivity index (χ0) is 17.4. The molecule has 2 amide bonds. The highest BCUT2D eigenvalue weighted by Crippen LogP contribution is 2.18. The number of hydrogen-bond donors (Lipinski definition) is 2. The molecule has 0 atom stereocenters. The average Bonchev–Trinajstić information content (AvgIpc) is 2.61. The lowest BCUT2D eigenvalue weighted by molar-refractivity contribution is -0.115. The van der Waals surface area contributed by atoms with E-state index in [-0.39, 0.29) is 18.4 Å². The molecule has 132 valence electrons. The van der Waals surface area contributed by atoms with Gasteiger partial charge in [-0.05, 0) is 24.6 Å². The van der Waals surface area contributed by atoms with Crippen LogP contribution in [0.1, 0.15) is 15.9 Å². The SMILES string of the molecule is COCCNCC(=O)Nc1cc(C(=O)N2CCOCC2)ccc1C. The lowest BCUT2D eigenvalue weighted by Gasteiger charge is -2.27. The van der Waals surface area contributed by atoms with E-state index in [9.17, 15) is 9.59 Å². The van der Waals surface area contributed by atoms with Gasteiger partial charge in [0, 0.05) is 38.0 Å². The highest BCUT2D eigenvalue weighted by molar-refractivity contribution is 5.98. The van der Waals surface area contributed by atoms with Crippen LogP contribution in [0.3, 0.4) is 0 Å². The molecule has 2 rings (SSSR count). The Kier molecular flexibility index (Phi) is 7.17. The third-order valence-corrected chi connectivity index (χ3v) is 3.83. The molecule has 0 unspecified atom stereocenters. The number of ether oxygens (including phenoxy) is 2. The van der Waals surface area contributed by atoms with Crippen molar-refractivity contribution in [2.24, 2.45) is 0 Å². The van der Waals surface area contributed by atoms with Crippen molar-refractivity contribution in [2.45, 2.75) is 6.92 Å². The second-order valence-electron chi connectivity index (χ2n) is 5.65. The second-order valence-corrected chi connectivity index (χ2v) is 5.65. The van der Waals surface area contributed by atoms with Crippen LogP contribution in [-0.4, -0.2) is 69.8 Å². The molecule has 1 fully saturated rings. The van der Waals surface area contributed by atoms with Gasteiger partial charge in [0.25, 0.3) is 5.91 Å². The maximum atomic E-state index is 12.5. The fraction of sp³-hybridized carbons (Fsp3) is 0.529. The van der Waals surface area contributed by atoms with E-state index < -0.39 is 0 Å². The van der Waals surface area contributed by atoms with Gasteiger partial charge in [0.15, 0.2) is 0 Å². The number of morpholine rings is 1. The first-order valence-corrected chi connectivity index (χ1v) is 8.09. The molecule has 1 aliphatic heterocycles. The number of methoxy groups -OCH3 is 1. The van der Waals surface area contributed by atoms with Gasteiger partial charge < -0.3 is 25.0 Å². The lowest BCUT2D eigenvalue weighted by Crippen LogP contribution is -2.40. The van der Waals surface area contributed by atoms with E-state index in [1.165, 1.54) is 0 Å². The van der Waals surface area contributed by atoms with E-state index in [4.69, 9.17) is 9.47 Å². The van der Waals surface area contributed by atoms with E-state index in [2.05, 4.69) is 10.6 Å². The first-order chi connectivity index (χ1) is 11.6. The molecule has 2 N–H and O–H groups in total. The summed E-state index contributed by atoms with van der Waals surface area (Å²) in [6, 6.07) is 5.38. The molecule has 1 heterocycles. The van der Waals surface area contributed by atoms with Crippen molar-refractivity contribution < 1.29 is 19.1 Å². The molecule has 0 aliphatic carbocycles. The molecule has 1 saturated heterocycles. The topological polar surface area (TPSA) is 79.9 Å². The summed E-state index contributed by atoms with van der Waals surface area (Å²) in [4.78, 5) is 26.3. The largest absolute Gasteiger partial charge is 0.383 e. The van der Waals surface area contributed by atoms with E-state index in [0.29, 0.717) is 50.7 Å². The van der Waals surface area contributed by atoms with Crippen molar-refractivity contribution in [3.63, 3.8) is 0 Å². The van der Waals surface area contributed by atoms with Gasteiger partial charge in [0.05, 0.1) is 26.4 Å². The summed E-state index contributed by atoms with van der Waals surface area (Å²) < 4.78 is 10.2. The van der Waals surface area contributed by atoms with Crippen molar-refractivity contribution in [1.29, 1.82) is 0 Å². The van der Waals surface area contributed by atoms with Crippen molar-refractivity contribution in [1.82, 2.24) is 10.2 Å². The van der Waals surface area contributed by atoms with E-state index in [1.807, 2.05) is 13.0 Å². The van der Waals surface area contributed by atoms with Crippen LogP contribution in [0.5, 0.6) is 0 Å². The number of carbonyl (C=O) groups is 2. The Morgan fingerprint density at radius 3 is 2.75 bits per heavy atom. The summed E-state index contributed by atoms with van der Waals surface area (Å²) >= 11 is 0. The van der Waals surface area contributed by atoms with Crippen molar-refractivity contribution in [3.05, 3.63) is 29.3 Å². The summed E-state index contributed by atoms with van der Waals surface area (Å²) in [5, 5.41) is 5.84. The van der Waals surface area contributed by atoms with Gasteiger partial charge >= 0.3 is 0 Å². The molecule has 0 saturated carbocycles. The Balaban J connectivity index is 1.97. The number of benzene rings is 1. The molecule has 24 heavy (non-hydrogen) atoms. The summed E-state index contributed by atoms with van der Waals surface area (Å²) in [6.07, 6.45) is 0. The predicted octanol–water partition coefficient (Wildman–Crippen LogP) is 0.642. The van der Waals surface area contributed by atoms with Gasteiger partial charge in [-0.15, -0.1) is 0 Å². The van der Waals surface area contributed by atoms with Crippen molar-refractivity contribution in [3.8, 4) is 0 Å². The van der Waals surface area contributed by atoms with Gasteiger partial charge in [-0.3, -0.25) is 9.59 Å². The molecule has 1 aromatic carbocycles. The van der Waals surface area contributed by atoms with E-state index in [1.54, 1.807) is 24.1 Å². The minimum Gasteiger partial charge on any atom is -0.383 e. The Bertz CT molecular complexity index is 571. The van der Waals surface area contributed by atoms with Crippen LogP contribution in [0.15, 0.2) is 18.2 Å². The molecule has 1 aromatic rings. The summed E-state index contributed by atoms with van der Waals surface area (Å²) in [5.74, 6) is -0.183. The zero-order valence-electron chi connectivity index (χ0n) is 14.3. The maximum Gasteiger partial charge on any atom is 0.254 e. The number of nitrogens with zero attached hydrogens (tertiary/aromatic N) is 1. The molecule has 0 spiro atoms. The van der Waals surface area contributed by atoms with Crippen LogP contribution < -0.4 is 10.6 Å². The number of aryl methyl sites for hydroxylation is 1. The minimum atomic E-state index is -0.148. The maximum absolute atomic E-state index is 12.5. The highest BCUT2D eigenvalue weighted by Gasteiger charge is 2.19. The zero-order valence-corrected chi connectivity index (χ0v) is 14.3. The molecule has 1 aliphatic rings. The monoisotopic (exact) mass is 335 g/mol. The Morgan fingerprint density at radius 2 is 2.04 bits per heavy atom. The summed E-state index contributed by atoms with van der Waals surface area (Å²) in [5.41, 5.74) is 2.15. The second kappa shape index (κ2) is 9.36. The quantitative estimate of drug-likeness (QED) is 0.715. The van der Waals surface area contributed by atoms with Gasteiger partial charge in [-0.2, -0.15) is 0 Å². The Morgan fingerprint density at radius 1 is 1.29 bits per heavy atom. The van der Waals surface area contributed by atoms with E-state index in [0.717, 1.165) is 5.56 Å². The van der Waals surface area contributed by atoms with Crippen LogP contribution in [0, 0.1) is 6.92 Å². The van der Waals surface area contributed by atoms with Crippen LogP contribution in [0.2, 0.25) is 0 Å².